The Morgan fingerprint density at radius 1 is 1.13 bits per heavy atom. The summed E-state index contributed by atoms with van der Waals surface area (Å²) in [6.45, 7) is 2.31. The minimum Gasteiger partial charge on any atom is -0.493 e. The second kappa shape index (κ2) is 13.5. The van der Waals surface area contributed by atoms with Crippen molar-refractivity contribution in [1.82, 2.24) is 24.5 Å². The molecule has 0 unspecified atom stereocenters. The molecule has 2 fully saturated rings. The predicted molar refractivity (Wildman–Crippen MR) is 175 cm³/mol. The molecule has 0 amide bonds. The molecule has 4 aromatic rings. The van der Waals surface area contributed by atoms with Crippen LogP contribution in [0.4, 0.5) is 23.3 Å². The Hall–Kier alpha value is -4.77. The van der Waals surface area contributed by atoms with Crippen molar-refractivity contribution in [3.63, 3.8) is 0 Å². The summed E-state index contributed by atoms with van der Waals surface area (Å²) in [5.41, 5.74) is 1.21. The van der Waals surface area contributed by atoms with Crippen LogP contribution in [0.25, 0.3) is 10.9 Å². The van der Waals surface area contributed by atoms with Crippen LogP contribution < -0.4 is 24.0 Å². The van der Waals surface area contributed by atoms with Gasteiger partial charge in [0, 0.05) is 31.4 Å². The highest BCUT2D eigenvalue weighted by Gasteiger charge is 2.28. The van der Waals surface area contributed by atoms with E-state index < -0.39 is 14.9 Å². The van der Waals surface area contributed by atoms with E-state index in [0.29, 0.717) is 66.2 Å². The number of hydrogen-bond donors (Lipinski definition) is 1. The number of fused-ring (bicyclic) bond motifs is 1. The summed E-state index contributed by atoms with van der Waals surface area (Å²) >= 11 is 0. The molecule has 1 saturated carbocycles. The number of sulfonamides is 1. The van der Waals surface area contributed by atoms with Gasteiger partial charge in [0.05, 0.1) is 63.0 Å². The third-order valence-corrected chi connectivity index (χ3v) is 9.59. The highest BCUT2D eigenvalue weighted by molar-refractivity contribution is 7.92. The minimum absolute atomic E-state index is 0.126. The molecule has 0 atom stereocenters. The molecule has 1 saturated heterocycles. The van der Waals surface area contributed by atoms with Crippen molar-refractivity contribution in [2.24, 2.45) is 7.05 Å². The number of methoxy groups -OCH3 is 1. The molecule has 0 radical (unpaired) electrons. The number of hydrogen-bond acceptors (Lipinski definition) is 13. The highest BCUT2D eigenvalue weighted by Crippen LogP contribution is 2.35. The Bertz CT molecular complexity index is 1860. The van der Waals surface area contributed by atoms with E-state index in [2.05, 4.69) is 25.2 Å². The van der Waals surface area contributed by atoms with Gasteiger partial charge in [0.2, 0.25) is 15.9 Å². The van der Waals surface area contributed by atoms with Crippen LogP contribution in [-0.2, 0) is 28.4 Å². The average molecular weight is 668 g/mol. The topological polar surface area (TPSA) is 180 Å². The van der Waals surface area contributed by atoms with Crippen molar-refractivity contribution >= 4 is 44.2 Å². The smallest absolute Gasteiger partial charge is 0.434 e. The maximum Gasteiger partial charge on any atom is 0.434 e. The number of imidazole rings is 1. The number of pyridine rings is 3. The predicted octanol–water partition coefficient (Wildman–Crippen LogP) is 3.28. The summed E-state index contributed by atoms with van der Waals surface area (Å²) in [5, 5.41) is 15.4. The molecule has 47 heavy (non-hydrogen) atoms. The van der Waals surface area contributed by atoms with E-state index in [9.17, 15) is 18.5 Å². The third-order valence-electron chi connectivity index (χ3n) is 8.45. The van der Waals surface area contributed by atoms with Gasteiger partial charge in [0.1, 0.15) is 23.8 Å². The van der Waals surface area contributed by atoms with Crippen molar-refractivity contribution in [2.45, 2.75) is 44.4 Å². The van der Waals surface area contributed by atoms with Gasteiger partial charge in [-0.2, -0.15) is 4.98 Å². The van der Waals surface area contributed by atoms with Crippen molar-refractivity contribution in [3.05, 3.63) is 58.7 Å². The summed E-state index contributed by atoms with van der Waals surface area (Å²) < 4.78 is 46.0. The maximum absolute atomic E-state index is 13.0. The van der Waals surface area contributed by atoms with Gasteiger partial charge in [0.15, 0.2) is 11.6 Å². The molecule has 1 N–H and O–H groups in total. The number of anilines is 3. The molecule has 16 nitrogen and oxygen atoms in total. The van der Waals surface area contributed by atoms with Crippen LogP contribution in [0, 0.1) is 10.1 Å². The molecule has 0 spiro atoms. The van der Waals surface area contributed by atoms with E-state index in [0.717, 1.165) is 36.2 Å². The van der Waals surface area contributed by atoms with Gasteiger partial charge in [0.25, 0.3) is 0 Å². The van der Waals surface area contributed by atoms with Gasteiger partial charge < -0.3 is 34.5 Å². The van der Waals surface area contributed by atoms with Crippen molar-refractivity contribution < 1.29 is 27.6 Å². The number of nitro groups is 1. The van der Waals surface area contributed by atoms with E-state index in [1.807, 2.05) is 18.2 Å². The summed E-state index contributed by atoms with van der Waals surface area (Å²) in [7, 11) is -0.744. The molecular formula is C30H37N9O7S. The van der Waals surface area contributed by atoms with Crippen LogP contribution in [0.1, 0.15) is 31.4 Å². The van der Waals surface area contributed by atoms with Crippen molar-refractivity contribution in [2.75, 3.05) is 54.2 Å². The quantitative estimate of drug-likeness (QED) is 0.182. The standard InChI is InChI=1S/C30H37N9O7S/c1-36-22(18-33-30(36)39(40)41)19-38(47(3,42)43)21-15-24-25(32-17-21)16-27(37-11-13-45-14-12-37)35-29(24)46-23-8-6-20(7-9-23)34-28-26(44-2)5-4-10-31-28/h4-5,10,15-18,20,23H,6-9,11-14,19H2,1-3H3,(H,31,34). The fraction of sp³-hybridized carbons (Fsp3) is 0.467. The van der Waals surface area contributed by atoms with Gasteiger partial charge in [-0.1, -0.05) is 4.98 Å². The van der Waals surface area contributed by atoms with Gasteiger partial charge in [-0.25, -0.2) is 18.0 Å². The molecule has 5 heterocycles. The Kier molecular flexibility index (Phi) is 9.26. The molecule has 2 aliphatic rings. The highest BCUT2D eigenvalue weighted by atomic mass is 32.2. The molecule has 1 aliphatic carbocycles. The Balaban J connectivity index is 1.29. The fourth-order valence-corrected chi connectivity index (χ4v) is 6.74. The summed E-state index contributed by atoms with van der Waals surface area (Å²) in [6.07, 6.45) is 8.66. The number of aromatic nitrogens is 5. The number of morpholine rings is 1. The lowest BCUT2D eigenvalue weighted by molar-refractivity contribution is -0.396. The van der Waals surface area contributed by atoms with Crippen LogP contribution in [-0.4, -0.2) is 89.7 Å². The SMILES string of the molecule is COc1cccnc1NC1CCC(Oc2nc(N3CCOCC3)cc3ncc(N(Cc4cnc([N+](=O)[O-])n4C)S(C)(=O)=O)cc23)CC1. The number of ether oxygens (including phenoxy) is 3. The van der Waals surface area contributed by atoms with E-state index in [1.165, 1.54) is 24.0 Å². The largest absolute Gasteiger partial charge is 0.493 e. The van der Waals surface area contributed by atoms with Crippen LogP contribution in [0.5, 0.6) is 11.6 Å². The lowest BCUT2D eigenvalue weighted by atomic mass is 9.93. The Labute approximate surface area is 271 Å². The minimum atomic E-state index is -3.84. The molecule has 6 rings (SSSR count). The second-order valence-electron chi connectivity index (χ2n) is 11.6. The van der Waals surface area contributed by atoms with Gasteiger partial charge in [-0.15, -0.1) is 0 Å². The zero-order valence-corrected chi connectivity index (χ0v) is 27.2. The average Bonchev–Trinajstić information content (AvgIpc) is 3.44. The van der Waals surface area contributed by atoms with Crippen molar-refractivity contribution in [1.29, 1.82) is 0 Å². The normalized spacial score (nSPS) is 18.6. The van der Waals surface area contributed by atoms with Crippen LogP contribution >= 0.6 is 0 Å². The number of nitrogens with one attached hydrogen (secondary N) is 1. The van der Waals surface area contributed by atoms with Crippen LogP contribution in [0.2, 0.25) is 0 Å². The molecule has 0 bridgehead atoms. The number of rotatable bonds is 11. The van der Waals surface area contributed by atoms with Gasteiger partial charge in [-0.3, -0.25) is 9.29 Å². The van der Waals surface area contributed by atoms with Gasteiger partial charge in [-0.05, 0) is 48.8 Å². The molecule has 1 aliphatic heterocycles. The second-order valence-corrected chi connectivity index (χ2v) is 13.5. The van der Waals surface area contributed by atoms with E-state index >= 15 is 0 Å². The Morgan fingerprint density at radius 3 is 2.57 bits per heavy atom. The molecule has 250 valence electrons. The maximum atomic E-state index is 13.0. The number of nitrogens with zero attached hydrogens (tertiary/aromatic N) is 8. The van der Waals surface area contributed by atoms with Crippen molar-refractivity contribution in [3.8, 4) is 11.6 Å². The van der Waals surface area contributed by atoms with Gasteiger partial charge >= 0.3 is 5.95 Å². The summed E-state index contributed by atoms with van der Waals surface area (Å²) in [5.74, 6) is 2.08. The first-order chi connectivity index (χ1) is 22.6. The summed E-state index contributed by atoms with van der Waals surface area (Å²) in [4.78, 5) is 30.7. The zero-order chi connectivity index (χ0) is 33.1. The monoisotopic (exact) mass is 667 g/mol. The Morgan fingerprint density at radius 2 is 1.89 bits per heavy atom. The van der Waals surface area contributed by atoms with E-state index in [1.54, 1.807) is 19.4 Å². The summed E-state index contributed by atoms with van der Waals surface area (Å²) in [6, 6.07) is 7.46. The lowest BCUT2D eigenvalue weighted by Crippen LogP contribution is -2.37. The van der Waals surface area contributed by atoms with E-state index in [4.69, 9.17) is 19.2 Å². The molecular weight excluding hydrogens is 630 g/mol. The third kappa shape index (κ3) is 7.15. The fourth-order valence-electron chi connectivity index (χ4n) is 5.89. The zero-order valence-electron chi connectivity index (χ0n) is 26.4. The first-order valence-electron chi connectivity index (χ1n) is 15.3. The molecule has 17 heteroatoms. The van der Waals surface area contributed by atoms with E-state index in [-0.39, 0.29) is 30.3 Å². The first-order valence-corrected chi connectivity index (χ1v) is 17.1. The molecule has 4 aromatic heterocycles. The molecule has 0 aromatic carbocycles. The van der Waals surface area contributed by atoms with Crippen LogP contribution in [0.15, 0.2) is 42.9 Å². The first kappa shape index (κ1) is 32.2. The lowest BCUT2D eigenvalue weighted by Gasteiger charge is -2.31. The van der Waals surface area contributed by atoms with Crippen LogP contribution in [0.3, 0.4) is 0 Å².